The molecule has 1 aromatic heterocycles. The summed E-state index contributed by atoms with van der Waals surface area (Å²) < 4.78 is 5.97. The molecule has 3 aromatic rings. The van der Waals surface area contributed by atoms with Crippen LogP contribution in [0, 0.1) is 0 Å². The van der Waals surface area contributed by atoms with Gasteiger partial charge in [-0.05, 0) is 55.5 Å². The average molecular weight is 440 g/mol. The van der Waals surface area contributed by atoms with Crippen molar-refractivity contribution in [2.75, 3.05) is 5.32 Å². The van der Waals surface area contributed by atoms with Crippen LogP contribution in [0.25, 0.3) is 10.9 Å². The Labute approximate surface area is 186 Å². The molecule has 1 unspecified atom stereocenters. The second kappa shape index (κ2) is 9.43. The fourth-order valence-electron chi connectivity index (χ4n) is 4.06. The molecule has 0 spiro atoms. The lowest BCUT2D eigenvalue weighted by molar-refractivity contribution is -0.125. The molecule has 2 amide bonds. The van der Waals surface area contributed by atoms with Gasteiger partial charge < -0.3 is 20.4 Å². The number of hydrogen-bond donors (Lipinski definition) is 3. The number of ether oxygens (including phenoxy) is 1. The van der Waals surface area contributed by atoms with Gasteiger partial charge in [-0.3, -0.25) is 9.59 Å². The predicted octanol–water partition coefficient (Wildman–Crippen LogP) is 4.83. The highest BCUT2D eigenvalue weighted by molar-refractivity contribution is 6.32. The molecule has 7 heteroatoms. The number of aromatic nitrogens is 1. The van der Waals surface area contributed by atoms with Crippen molar-refractivity contribution < 1.29 is 14.3 Å². The van der Waals surface area contributed by atoms with E-state index in [9.17, 15) is 9.59 Å². The van der Waals surface area contributed by atoms with Crippen molar-refractivity contribution in [3.05, 3.63) is 59.2 Å². The molecule has 0 saturated heterocycles. The van der Waals surface area contributed by atoms with Crippen LogP contribution in [0.15, 0.2) is 48.7 Å². The minimum Gasteiger partial charge on any atom is -0.489 e. The van der Waals surface area contributed by atoms with Gasteiger partial charge in [0.15, 0.2) is 0 Å². The van der Waals surface area contributed by atoms with E-state index < -0.39 is 6.04 Å². The van der Waals surface area contributed by atoms with Crippen LogP contribution in [0.5, 0.6) is 5.75 Å². The van der Waals surface area contributed by atoms with Crippen molar-refractivity contribution in [2.45, 2.75) is 51.2 Å². The molecule has 1 aliphatic rings. The van der Waals surface area contributed by atoms with Crippen LogP contribution in [-0.4, -0.2) is 28.9 Å². The third-order valence-electron chi connectivity index (χ3n) is 5.59. The van der Waals surface area contributed by atoms with E-state index >= 15 is 0 Å². The summed E-state index contributed by atoms with van der Waals surface area (Å²) in [6.07, 6.45) is 6.89. The van der Waals surface area contributed by atoms with Crippen LogP contribution >= 0.6 is 11.6 Å². The van der Waals surface area contributed by atoms with E-state index in [0.717, 1.165) is 29.3 Å². The summed E-state index contributed by atoms with van der Waals surface area (Å²) in [4.78, 5) is 27.9. The van der Waals surface area contributed by atoms with E-state index in [1.54, 1.807) is 18.2 Å². The lowest BCUT2D eigenvalue weighted by Gasteiger charge is -2.18. The average Bonchev–Trinajstić information content (AvgIpc) is 3.39. The van der Waals surface area contributed by atoms with Crippen molar-refractivity contribution in [3.8, 4) is 5.75 Å². The monoisotopic (exact) mass is 439 g/mol. The summed E-state index contributed by atoms with van der Waals surface area (Å²) in [5.74, 6) is 0.0584. The van der Waals surface area contributed by atoms with Crippen molar-refractivity contribution in [2.24, 2.45) is 0 Å². The third kappa shape index (κ3) is 5.20. The molecule has 4 rings (SSSR count). The Bertz CT molecular complexity index is 1090. The molecule has 1 atom stereocenters. The number of benzene rings is 2. The summed E-state index contributed by atoms with van der Waals surface area (Å²) in [5, 5.41) is 7.11. The Morgan fingerprint density at radius 1 is 1.19 bits per heavy atom. The SMILES string of the molecule is CC(=O)NC(Cc1c[nH]c2ccccc12)C(=O)Nc1ccc(OC2CCCC2)c(Cl)c1. The zero-order valence-corrected chi connectivity index (χ0v) is 18.2. The minimum absolute atomic E-state index is 0.207. The van der Waals surface area contributed by atoms with Gasteiger partial charge in [0.1, 0.15) is 11.8 Å². The third-order valence-corrected chi connectivity index (χ3v) is 5.88. The maximum atomic E-state index is 13.0. The van der Waals surface area contributed by atoms with Gasteiger partial charge >= 0.3 is 0 Å². The Balaban J connectivity index is 1.47. The molecule has 1 heterocycles. The Morgan fingerprint density at radius 2 is 1.97 bits per heavy atom. The van der Waals surface area contributed by atoms with Crippen molar-refractivity contribution >= 4 is 40.0 Å². The minimum atomic E-state index is -0.718. The number of fused-ring (bicyclic) bond motifs is 1. The highest BCUT2D eigenvalue weighted by Crippen LogP contribution is 2.32. The lowest BCUT2D eigenvalue weighted by Crippen LogP contribution is -2.44. The van der Waals surface area contributed by atoms with Crippen molar-refractivity contribution in [1.82, 2.24) is 10.3 Å². The summed E-state index contributed by atoms with van der Waals surface area (Å²) in [7, 11) is 0. The molecule has 1 saturated carbocycles. The Hall–Kier alpha value is -2.99. The Morgan fingerprint density at radius 3 is 2.71 bits per heavy atom. The first-order chi connectivity index (χ1) is 15.0. The molecule has 6 nitrogen and oxygen atoms in total. The molecule has 1 fully saturated rings. The number of hydrogen-bond acceptors (Lipinski definition) is 3. The lowest BCUT2D eigenvalue weighted by atomic mass is 10.0. The molecule has 1 aliphatic carbocycles. The van der Waals surface area contributed by atoms with E-state index in [2.05, 4.69) is 15.6 Å². The summed E-state index contributed by atoms with van der Waals surface area (Å²) in [6, 6.07) is 12.4. The molecule has 3 N–H and O–H groups in total. The Kier molecular flexibility index (Phi) is 6.47. The quantitative estimate of drug-likeness (QED) is 0.493. The molecule has 2 aromatic carbocycles. The number of carbonyl (C=O) groups is 2. The maximum Gasteiger partial charge on any atom is 0.247 e. The smallest absolute Gasteiger partial charge is 0.247 e. The van der Waals surface area contributed by atoms with Crippen LogP contribution in [-0.2, 0) is 16.0 Å². The van der Waals surface area contributed by atoms with Gasteiger partial charge in [0.25, 0.3) is 0 Å². The number of amides is 2. The van der Waals surface area contributed by atoms with Crippen LogP contribution < -0.4 is 15.4 Å². The van der Waals surface area contributed by atoms with Gasteiger partial charge in [-0.25, -0.2) is 0 Å². The molecule has 0 bridgehead atoms. The zero-order valence-electron chi connectivity index (χ0n) is 17.4. The molecular weight excluding hydrogens is 414 g/mol. The topological polar surface area (TPSA) is 83.2 Å². The maximum absolute atomic E-state index is 13.0. The first kappa shape index (κ1) is 21.2. The molecule has 0 aliphatic heterocycles. The largest absolute Gasteiger partial charge is 0.489 e. The number of rotatable bonds is 7. The number of para-hydroxylation sites is 1. The van der Waals surface area contributed by atoms with E-state index in [1.807, 2.05) is 30.5 Å². The van der Waals surface area contributed by atoms with Gasteiger partial charge in [-0.15, -0.1) is 0 Å². The normalized spacial score (nSPS) is 15.0. The van der Waals surface area contributed by atoms with Gasteiger partial charge in [-0.2, -0.15) is 0 Å². The summed E-state index contributed by atoms with van der Waals surface area (Å²) in [6.45, 7) is 1.40. The van der Waals surface area contributed by atoms with E-state index in [1.165, 1.54) is 19.8 Å². The molecule has 31 heavy (non-hydrogen) atoms. The van der Waals surface area contributed by atoms with E-state index in [-0.39, 0.29) is 17.9 Å². The molecule has 162 valence electrons. The number of aromatic amines is 1. The number of nitrogens with one attached hydrogen (secondary N) is 3. The molecule has 0 radical (unpaired) electrons. The highest BCUT2D eigenvalue weighted by atomic mass is 35.5. The number of H-pyrrole nitrogens is 1. The van der Waals surface area contributed by atoms with Crippen LogP contribution in [0.1, 0.15) is 38.2 Å². The first-order valence-electron chi connectivity index (χ1n) is 10.6. The fraction of sp³-hybridized carbons (Fsp3) is 0.333. The number of anilines is 1. The predicted molar refractivity (Wildman–Crippen MR) is 123 cm³/mol. The number of halogens is 1. The highest BCUT2D eigenvalue weighted by Gasteiger charge is 2.22. The fourth-order valence-corrected chi connectivity index (χ4v) is 4.29. The standard InChI is InChI=1S/C24H26ClN3O3/c1-15(29)27-22(12-16-14-26-21-9-5-4-8-19(16)21)24(30)28-17-10-11-23(20(25)13-17)31-18-6-2-3-7-18/h4-5,8-11,13-14,18,22,26H,2-3,6-7,12H2,1H3,(H,27,29)(H,28,30). The van der Waals surface area contributed by atoms with Gasteiger partial charge in [0.05, 0.1) is 11.1 Å². The summed E-state index contributed by atoms with van der Waals surface area (Å²) >= 11 is 6.39. The van der Waals surface area contributed by atoms with Crippen LogP contribution in [0.4, 0.5) is 5.69 Å². The van der Waals surface area contributed by atoms with E-state index in [4.69, 9.17) is 16.3 Å². The van der Waals surface area contributed by atoms with E-state index in [0.29, 0.717) is 22.9 Å². The van der Waals surface area contributed by atoms with Crippen molar-refractivity contribution in [1.29, 1.82) is 0 Å². The summed E-state index contributed by atoms with van der Waals surface area (Å²) in [5.41, 5.74) is 2.51. The van der Waals surface area contributed by atoms with Crippen LogP contribution in [0.2, 0.25) is 5.02 Å². The van der Waals surface area contributed by atoms with Gasteiger partial charge in [0, 0.05) is 36.1 Å². The zero-order chi connectivity index (χ0) is 21.8. The first-order valence-corrected chi connectivity index (χ1v) is 11.0. The second-order valence-electron chi connectivity index (χ2n) is 7.98. The van der Waals surface area contributed by atoms with Crippen LogP contribution in [0.3, 0.4) is 0 Å². The van der Waals surface area contributed by atoms with Gasteiger partial charge in [-0.1, -0.05) is 29.8 Å². The second-order valence-corrected chi connectivity index (χ2v) is 8.38. The number of carbonyl (C=O) groups excluding carboxylic acids is 2. The van der Waals surface area contributed by atoms with Gasteiger partial charge in [0.2, 0.25) is 11.8 Å². The van der Waals surface area contributed by atoms with Crippen molar-refractivity contribution in [3.63, 3.8) is 0 Å². The molecular formula is C24H26ClN3O3.